The van der Waals surface area contributed by atoms with Gasteiger partial charge in [-0.3, -0.25) is 9.59 Å². The normalized spacial score (nSPS) is 11.3. The van der Waals surface area contributed by atoms with Gasteiger partial charge in [0.05, 0.1) is 5.75 Å². The molecule has 9 heteroatoms. The van der Waals surface area contributed by atoms with Gasteiger partial charge in [0.15, 0.2) is 25.5 Å². The van der Waals surface area contributed by atoms with E-state index in [2.05, 4.69) is 0 Å². The third kappa shape index (κ3) is 15.3. The molecule has 0 radical (unpaired) electrons. The molecule has 7 nitrogen and oxygen atoms in total. The van der Waals surface area contributed by atoms with E-state index in [1.165, 1.54) is 40.7 Å². The lowest BCUT2D eigenvalue weighted by Gasteiger charge is -2.00. The van der Waals surface area contributed by atoms with E-state index in [4.69, 9.17) is 4.79 Å². The SMILES string of the molecule is C/C=C(\C(C)=O)S(=O)(=O)CC.CC=O.CCS(=O)(=O)CC(C)=O. The fraction of sp³-hybridized carbons (Fsp3) is 0.643. The van der Waals surface area contributed by atoms with Crippen molar-refractivity contribution in [3.63, 3.8) is 0 Å². The van der Waals surface area contributed by atoms with Gasteiger partial charge in [0, 0.05) is 5.75 Å². The molecule has 0 spiro atoms. The van der Waals surface area contributed by atoms with Crippen molar-refractivity contribution >= 4 is 37.5 Å². The van der Waals surface area contributed by atoms with Gasteiger partial charge < -0.3 is 4.79 Å². The highest BCUT2D eigenvalue weighted by Gasteiger charge is 2.17. The Morgan fingerprint density at radius 2 is 1.30 bits per heavy atom. The quantitative estimate of drug-likeness (QED) is 0.507. The second-order valence-corrected chi connectivity index (χ2v) is 8.83. The van der Waals surface area contributed by atoms with Crippen LogP contribution < -0.4 is 0 Å². The number of hydrogen-bond acceptors (Lipinski definition) is 7. The van der Waals surface area contributed by atoms with Crippen molar-refractivity contribution in [2.75, 3.05) is 17.3 Å². The molecule has 0 saturated carbocycles. The Labute approximate surface area is 139 Å². The molecule has 0 saturated heterocycles. The highest BCUT2D eigenvalue weighted by Crippen LogP contribution is 2.07. The minimum atomic E-state index is -3.30. The van der Waals surface area contributed by atoms with Crippen molar-refractivity contribution in [3.05, 3.63) is 11.0 Å². The summed E-state index contributed by atoms with van der Waals surface area (Å²) in [5.41, 5.74) is 0. The molecule has 0 unspecified atom stereocenters. The molecule has 23 heavy (non-hydrogen) atoms. The van der Waals surface area contributed by atoms with Crippen molar-refractivity contribution in [2.24, 2.45) is 0 Å². The van der Waals surface area contributed by atoms with Gasteiger partial charge in [-0.15, -0.1) is 0 Å². The molecule has 0 fully saturated rings. The molecule has 0 N–H and O–H groups in total. The lowest BCUT2D eigenvalue weighted by molar-refractivity contribution is -0.115. The predicted molar refractivity (Wildman–Crippen MR) is 90.6 cm³/mol. The summed E-state index contributed by atoms with van der Waals surface area (Å²) in [4.78, 5) is 29.7. The first-order valence-electron chi connectivity index (χ1n) is 6.84. The van der Waals surface area contributed by atoms with Crippen LogP contribution >= 0.6 is 0 Å². The van der Waals surface area contributed by atoms with Crippen LogP contribution in [0.1, 0.15) is 41.5 Å². The zero-order valence-electron chi connectivity index (χ0n) is 14.5. The first kappa shape index (κ1) is 26.5. The summed E-state index contributed by atoms with van der Waals surface area (Å²) in [5.74, 6) is -0.978. The van der Waals surface area contributed by atoms with Crippen LogP contribution in [-0.2, 0) is 34.1 Å². The van der Waals surface area contributed by atoms with E-state index in [9.17, 15) is 26.4 Å². The number of Topliss-reactive ketones (excluding diaryl/α,β-unsaturated/α-hetero) is 2. The van der Waals surface area contributed by atoms with Crippen LogP contribution in [-0.4, -0.2) is 51.9 Å². The van der Waals surface area contributed by atoms with Gasteiger partial charge in [0.2, 0.25) is 0 Å². The number of allylic oxidation sites excluding steroid dienone is 2. The van der Waals surface area contributed by atoms with Crippen LogP contribution in [0.3, 0.4) is 0 Å². The molecule has 0 rings (SSSR count). The van der Waals surface area contributed by atoms with Crippen LogP contribution in [0.4, 0.5) is 0 Å². The molecule has 0 bridgehead atoms. The van der Waals surface area contributed by atoms with Gasteiger partial charge >= 0.3 is 0 Å². The second-order valence-electron chi connectivity index (χ2n) is 4.23. The molecule has 0 aliphatic carbocycles. The van der Waals surface area contributed by atoms with E-state index in [1.807, 2.05) is 0 Å². The summed E-state index contributed by atoms with van der Waals surface area (Å²) >= 11 is 0. The highest BCUT2D eigenvalue weighted by molar-refractivity contribution is 7.96. The van der Waals surface area contributed by atoms with E-state index in [0.29, 0.717) is 0 Å². The number of aldehydes is 1. The van der Waals surface area contributed by atoms with E-state index < -0.39 is 25.5 Å². The van der Waals surface area contributed by atoms with Crippen molar-refractivity contribution in [1.29, 1.82) is 0 Å². The Bertz CT molecular complexity index is 612. The first-order valence-corrected chi connectivity index (χ1v) is 10.3. The van der Waals surface area contributed by atoms with Gasteiger partial charge in [-0.05, 0) is 27.7 Å². The summed E-state index contributed by atoms with van der Waals surface area (Å²) in [6.45, 7) is 8.56. The molecule has 0 aliphatic rings. The average Bonchev–Trinajstić information content (AvgIpc) is 2.39. The highest BCUT2D eigenvalue weighted by atomic mass is 32.2. The largest absolute Gasteiger partial charge is 0.304 e. The maximum atomic E-state index is 11.1. The lowest BCUT2D eigenvalue weighted by atomic mass is 10.4. The molecular weight excluding hydrogens is 344 g/mol. The third-order valence-corrected chi connectivity index (χ3v) is 5.87. The van der Waals surface area contributed by atoms with Gasteiger partial charge in [0.1, 0.15) is 22.7 Å². The van der Waals surface area contributed by atoms with Gasteiger partial charge in [-0.1, -0.05) is 19.9 Å². The lowest BCUT2D eigenvalue weighted by Crippen LogP contribution is -2.14. The van der Waals surface area contributed by atoms with Crippen LogP contribution in [0.2, 0.25) is 0 Å². The van der Waals surface area contributed by atoms with Crippen LogP contribution in [0, 0.1) is 0 Å². The van der Waals surface area contributed by atoms with Crippen LogP contribution in [0.25, 0.3) is 0 Å². The molecule has 136 valence electrons. The van der Waals surface area contributed by atoms with E-state index in [-0.39, 0.29) is 27.9 Å². The molecule has 0 aromatic rings. The third-order valence-electron chi connectivity index (χ3n) is 2.19. The number of sulfone groups is 2. The van der Waals surface area contributed by atoms with Crippen LogP contribution in [0.15, 0.2) is 11.0 Å². The standard InChI is InChI=1S/C7H12O3S.C5H10O3S.C2H4O/c1-4-7(6(3)8)11(9,10)5-2;1-3-9(7,8)4-5(2)6;1-2-3/h4H,5H2,1-3H3;3-4H2,1-2H3;2H,1H3/b7-4+;;. The van der Waals surface area contributed by atoms with Gasteiger partial charge in [0.25, 0.3) is 0 Å². The minimum Gasteiger partial charge on any atom is -0.304 e. The summed E-state index contributed by atoms with van der Waals surface area (Å²) in [6, 6.07) is 0. The van der Waals surface area contributed by atoms with Crippen molar-refractivity contribution in [2.45, 2.75) is 41.5 Å². The van der Waals surface area contributed by atoms with Gasteiger partial charge in [-0.25, -0.2) is 16.8 Å². The summed E-state index contributed by atoms with van der Waals surface area (Å²) < 4.78 is 43.3. The number of carbonyl (C=O) groups is 3. The van der Waals surface area contributed by atoms with E-state index in [1.54, 1.807) is 6.92 Å². The summed E-state index contributed by atoms with van der Waals surface area (Å²) in [6.07, 6.45) is 2.08. The Hall–Kier alpha value is -1.35. The van der Waals surface area contributed by atoms with E-state index in [0.717, 1.165) is 6.29 Å². The summed E-state index contributed by atoms with van der Waals surface area (Å²) in [7, 11) is -6.37. The Kier molecular flexibility index (Phi) is 15.1. The zero-order valence-corrected chi connectivity index (χ0v) is 16.1. The maximum absolute atomic E-state index is 11.1. The van der Waals surface area contributed by atoms with Crippen molar-refractivity contribution in [3.8, 4) is 0 Å². The van der Waals surface area contributed by atoms with Crippen molar-refractivity contribution in [1.82, 2.24) is 0 Å². The number of rotatable bonds is 6. The molecule has 0 aliphatic heterocycles. The first-order chi connectivity index (χ1) is 10.3. The molecule has 0 aromatic heterocycles. The molecule has 0 aromatic carbocycles. The van der Waals surface area contributed by atoms with Gasteiger partial charge in [-0.2, -0.15) is 0 Å². The number of hydrogen-bond donors (Lipinski definition) is 0. The van der Waals surface area contributed by atoms with Crippen molar-refractivity contribution < 1.29 is 31.2 Å². The maximum Gasteiger partial charge on any atom is 0.181 e. The molecular formula is C14H26O7S2. The Morgan fingerprint density at radius 3 is 1.39 bits per heavy atom. The van der Waals surface area contributed by atoms with E-state index >= 15 is 0 Å². The Balaban J connectivity index is -0.000000301. The topological polar surface area (TPSA) is 119 Å². The fourth-order valence-corrected chi connectivity index (χ4v) is 3.10. The zero-order chi connectivity index (χ0) is 19.3. The average molecular weight is 370 g/mol. The molecule has 0 heterocycles. The smallest absolute Gasteiger partial charge is 0.181 e. The molecule has 0 atom stereocenters. The molecule has 0 amide bonds. The minimum absolute atomic E-state index is 0.0216. The number of carbonyl (C=O) groups excluding carboxylic acids is 3. The summed E-state index contributed by atoms with van der Waals surface area (Å²) in [5, 5.41) is 0. The van der Waals surface area contributed by atoms with Crippen LogP contribution in [0.5, 0.6) is 0 Å². The fourth-order valence-electron chi connectivity index (χ4n) is 1.17. The number of ketones is 2. The predicted octanol–water partition coefficient (Wildman–Crippen LogP) is 1.13. The second kappa shape index (κ2) is 13.1. The monoisotopic (exact) mass is 370 g/mol. The Morgan fingerprint density at radius 1 is 0.913 bits per heavy atom.